The highest BCUT2D eigenvalue weighted by molar-refractivity contribution is 6.08. The van der Waals surface area contributed by atoms with E-state index >= 15 is 0 Å². The summed E-state index contributed by atoms with van der Waals surface area (Å²) < 4.78 is 5.53. The molecule has 2 aromatic carbocycles. The second-order valence-electron chi connectivity index (χ2n) is 20.4. The minimum absolute atomic E-state index is 0.0340. The number of hydrogen-bond acceptors (Lipinski definition) is 14. The number of amidine groups is 1. The summed E-state index contributed by atoms with van der Waals surface area (Å²) in [6.45, 7) is 10.7. The molecule has 0 spiro atoms. The van der Waals surface area contributed by atoms with Crippen LogP contribution in [0.2, 0.25) is 0 Å². The van der Waals surface area contributed by atoms with Gasteiger partial charge in [0.05, 0.1) is 17.6 Å². The molecule has 80 heavy (non-hydrogen) atoms. The van der Waals surface area contributed by atoms with Gasteiger partial charge in [0.2, 0.25) is 29.5 Å². The fraction of sp³-hybridized carbons (Fsp3) is 0.474. The fourth-order valence-electron chi connectivity index (χ4n) is 9.42. The van der Waals surface area contributed by atoms with Gasteiger partial charge in [-0.15, -0.1) is 0 Å². The number of primary amides is 1. The molecule has 0 aliphatic carbocycles. The highest BCUT2D eigenvalue weighted by atomic mass is 16.5. The van der Waals surface area contributed by atoms with E-state index < -0.39 is 42.3 Å². The number of carbonyl (C=O) groups is 8. The van der Waals surface area contributed by atoms with Crippen molar-refractivity contribution in [2.45, 2.75) is 129 Å². The highest BCUT2D eigenvalue weighted by Gasteiger charge is 2.30. The maximum atomic E-state index is 13.6. The van der Waals surface area contributed by atoms with Crippen molar-refractivity contribution in [2.24, 2.45) is 22.4 Å². The number of fused-ring (bicyclic) bond motifs is 1. The Morgan fingerprint density at radius 1 is 0.875 bits per heavy atom. The number of benzene rings is 2. The molecule has 6 rings (SSSR count). The number of ether oxygens (including phenoxy) is 1. The summed E-state index contributed by atoms with van der Waals surface area (Å²) in [4.78, 5) is 117. The summed E-state index contributed by atoms with van der Waals surface area (Å²) in [5, 5.41) is 26.6. The van der Waals surface area contributed by atoms with Gasteiger partial charge in [0.25, 0.3) is 5.91 Å². The van der Waals surface area contributed by atoms with Crippen LogP contribution in [-0.4, -0.2) is 137 Å². The summed E-state index contributed by atoms with van der Waals surface area (Å²) in [5.41, 5.74) is 15.2. The lowest BCUT2D eigenvalue weighted by Crippen LogP contribution is -2.54. The lowest BCUT2D eigenvalue weighted by molar-refractivity contribution is -0.132. The van der Waals surface area contributed by atoms with Crippen LogP contribution >= 0.6 is 0 Å². The number of amides is 9. The van der Waals surface area contributed by atoms with Crippen LogP contribution in [0.15, 0.2) is 83.5 Å². The number of aliphatic hydroxyl groups is 1. The van der Waals surface area contributed by atoms with Crippen molar-refractivity contribution in [3.8, 4) is 0 Å². The molecule has 23 nitrogen and oxygen atoms in total. The number of carbonyl (C=O) groups excluding carboxylic acids is 8. The van der Waals surface area contributed by atoms with Gasteiger partial charge in [-0.2, -0.15) is 0 Å². The topological polar surface area (TPSA) is 325 Å². The van der Waals surface area contributed by atoms with E-state index in [9.17, 15) is 43.5 Å². The first-order valence-electron chi connectivity index (χ1n) is 27.5. The van der Waals surface area contributed by atoms with Crippen molar-refractivity contribution in [3.63, 3.8) is 0 Å². The van der Waals surface area contributed by atoms with Gasteiger partial charge < -0.3 is 67.9 Å². The van der Waals surface area contributed by atoms with Gasteiger partial charge in [-0.05, 0) is 111 Å². The molecule has 3 aromatic rings. The predicted molar refractivity (Wildman–Crippen MR) is 304 cm³/mol. The molecule has 1 saturated heterocycles. The van der Waals surface area contributed by atoms with E-state index in [0.29, 0.717) is 116 Å². The molecule has 1 aromatic heterocycles. The third-order valence-electron chi connectivity index (χ3n) is 13.7. The minimum atomic E-state index is -1.04. The SMILES string of the molecule is CCCN(CCC)C(=O)C1=Cc2ccc(C(=O)Nc3ccc(N4CCC(NC(=O)OCc5ccc(NC(=O)[C@H](CCCNC(N)=O)NC(=O)[C@@H](NC(=O)CCCCCN6C(=O)C=CC6O)C(C)C)cc5)CC4)nc3)cc2N=C(N)C1. The van der Waals surface area contributed by atoms with Crippen molar-refractivity contribution in [2.75, 3.05) is 54.8 Å². The molecule has 3 aliphatic rings. The monoisotopic (exact) mass is 1100 g/mol. The van der Waals surface area contributed by atoms with Crippen LogP contribution in [0.3, 0.4) is 0 Å². The number of hydrogen-bond donors (Lipinski definition) is 9. The molecule has 4 heterocycles. The van der Waals surface area contributed by atoms with E-state index in [0.717, 1.165) is 18.7 Å². The molecule has 1 unspecified atom stereocenters. The number of rotatable bonds is 27. The predicted octanol–water partition coefficient (Wildman–Crippen LogP) is 4.94. The van der Waals surface area contributed by atoms with E-state index in [2.05, 4.69) is 46.8 Å². The molecule has 9 amide bonds. The summed E-state index contributed by atoms with van der Waals surface area (Å²) in [6.07, 6.45) is 10.1. The van der Waals surface area contributed by atoms with Crippen molar-refractivity contribution < 1.29 is 48.2 Å². The second-order valence-corrected chi connectivity index (χ2v) is 20.4. The summed E-state index contributed by atoms with van der Waals surface area (Å²) in [6, 6.07) is 12.6. The van der Waals surface area contributed by atoms with Crippen LogP contribution < -0.4 is 48.3 Å². The Morgan fingerprint density at radius 3 is 2.25 bits per heavy atom. The summed E-state index contributed by atoms with van der Waals surface area (Å²) >= 11 is 0. The van der Waals surface area contributed by atoms with Gasteiger partial charge in [0.1, 0.15) is 36.6 Å². The average Bonchev–Trinajstić information content (AvgIpc) is 3.67. The third kappa shape index (κ3) is 18.4. The number of aromatic nitrogens is 1. The zero-order valence-electron chi connectivity index (χ0n) is 46.1. The van der Waals surface area contributed by atoms with E-state index in [1.165, 1.54) is 17.1 Å². The normalized spacial score (nSPS) is 15.8. The Labute approximate surface area is 466 Å². The van der Waals surface area contributed by atoms with E-state index in [4.69, 9.17) is 16.2 Å². The minimum Gasteiger partial charge on any atom is -0.445 e. The highest BCUT2D eigenvalue weighted by Crippen LogP contribution is 2.29. The smallest absolute Gasteiger partial charge is 0.407 e. The average molecular weight is 1100 g/mol. The largest absolute Gasteiger partial charge is 0.445 e. The quantitative estimate of drug-likeness (QED) is 0.0458. The molecule has 3 atom stereocenters. The maximum Gasteiger partial charge on any atom is 0.407 e. The third-order valence-corrected chi connectivity index (χ3v) is 13.7. The number of nitrogens with one attached hydrogen (secondary N) is 6. The number of aliphatic hydroxyl groups excluding tert-OH is 1. The Kier molecular flexibility index (Phi) is 22.9. The molecule has 0 radical (unpaired) electrons. The molecule has 430 valence electrons. The van der Waals surface area contributed by atoms with Crippen molar-refractivity contribution in [1.82, 2.24) is 36.1 Å². The Balaban J connectivity index is 0.920. The van der Waals surface area contributed by atoms with Gasteiger partial charge in [0, 0.05) is 86.6 Å². The maximum absolute atomic E-state index is 13.6. The lowest BCUT2D eigenvalue weighted by Gasteiger charge is -2.33. The standard InChI is InChI=1S/C57H77N13O10/c1-5-26-69(27-6-2)55(77)40-31-38-15-16-39(32-45(38)65-46(58)33-40)52(74)63-43-19-20-47(61-34-43)68-29-23-42(24-30-68)64-57(79)80-35-37-13-17-41(18-14-37)62-53(75)44(11-10-25-60-56(59)78)66-54(76)51(36(3)4)67-48(71)12-8-7-9-28-70-49(72)21-22-50(70)73/h13-22,31-32,34,36,42,44,49,51,72H,5-12,23-30,33,35H2,1-4H3,(H2,58,65)(H,62,75)(H,63,74)(H,64,79)(H,66,76)(H,67,71)(H3,59,60,78)/t44-,49?,51-/m0/s1. The van der Waals surface area contributed by atoms with Crippen molar-refractivity contribution in [1.29, 1.82) is 0 Å². The number of urea groups is 1. The molecule has 1 fully saturated rings. The van der Waals surface area contributed by atoms with Crippen LogP contribution in [0.5, 0.6) is 0 Å². The van der Waals surface area contributed by atoms with Gasteiger partial charge in [-0.25, -0.2) is 19.6 Å². The van der Waals surface area contributed by atoms with Crippen LogP contribution in [0.1, 0.15) is 120 Å². The number of pyridine rings is 1. The zero-order chi connectivity index (χ0) is 57.7. The second kappa shape index (κ2) is 30.1. The lowest BCUT2D eigenvalue weighted by atomic mass is 10.0. The van der Waals surface area contributed by atoms with Crippen molar-refractivity contribution >= 4 is 82.4 Å². The number of anilines is 3. The van der Waals surface area contributed by atoms with Crippen LogP contribution in [0, 0.1) is 5.92 Å². The molecular formula is C57H77N13O10. The number of alkyl carbamates (subject to hydrolysis) is 1. The van der Waals surface area contributed by atoms with Gasteiger partial charge in [-0.3, -0.25) is 28.8 Å². The first-order chi connectivity index (χ1) is 38.4. The number of nitrogens with two attached hydrogens (primary N) is 2. The number of unbranched alkanes of at least 4 members (excludes halogenated alkanes) is 2. The number of aliphatic imine (C=N–C) groups is 1. The van der Waals surface area contributed by atoms with Gasteiger partial charge >= 0.3 is 12.1 Å². The summed E-state index contributed by atoms with van der Waals surface area (Å²) in [5.74, 6) is -1.41. The fourth-order valence-corrected chi connectivity index (χ4v) is 9.42. The van der Waals surface area contributed by atoms with Crippen LogP contribution in [0.25, 0.3) is 6.08 Å². The summed E-state index contributed by atoms with van der Waals surface area (Å²) in [7, 11) is 0. The Bertz CT molecular complexity index is 2750. The molecule has 0 saturated carbocycles. The molecule has 23 heteroatoms. The number of nitrogens with zero attached hydrogens (tertiary/aromatic N) is 5. The first kappa shape index (κ1) is 60.9. The van der Waals surface area contributed by atoms with Gasteiger partial charge in [0.15, 0.2) is 0 Å². The van der Waals surface area contributed by atoms with Crippen LogP contribution in [-0.2, 0) is 35.3 Å². The molecule has 11 N–H and O–H groups in total. The molecule has 0 bridgehead atoms. The zero-order valence-corrected chi connectivity index (χ0v) is 46.1. The molecular weight excluding hydrogens is 1030 g/mol. The van der Waals surface area contributed by atoms with Crippen LogP contribution in [0.4, 0.5) is 32.5 Å². The van der Waals surface area contributed by atoms with Crippen molar-refractivity contribution in [3.05, 3.63) is 95.2 Å². The molecule has 3 aliphatic heterocycles. The van der Waals surface area contributed by atoms with E-state index in [1.54, 1.807) is 68.6 Å². The van der Waals surface area contributed by atoms with E-state index in [-0.39, 0.29) is 68.0 Å². The first-order valence-corrected chi connectivity index (χ1v) is 27.5. The van der Waals surface area contributed by atoms with Gasteiger partial charge in [-0.1, -0.05) is 52.3 Å². The Hall–Kier alpha value is -8.34. The Morgan fingerprint density at radius 2 is 1.60 bits per heavy atom. The number of piperidine rings is 1. The van der Waals surface area contributed by atoms with E-state index in [1.807, 2.05) is 30.9 Å².